The van der Waals surface area contributed by atoms with Crippen molar-refractivity contribution in [3.05, 3.63) is 47.5 Å². The number of hydrogen-bond donors (Lipinski definition) is 0. The van der Waals surface area contributed by atoms with E-state index in [9.17, 15) is 0 Å². The highest BCUT2D eigenvalue weighted by Crippen LogP contribution is 2.34. The van der Waals surface area contributed by atoms with Crippen molar-refractivity contribution in [2.24, 2.45) is 0 Å². The van der Waals surface area contributed by atoms with Crippen LogP contribution in [0.2, 0.25) is 5.02 Å². The molecule has 0 radical (unpaired) electrons. The molecule has 68 valence electrons. The van der Waals surface area contributed by atoms with Crippen LogP contribution < -0.4 is 0 Å². The molecular weight excluding hydrogens is 212 g/mol. The first-order chi connectivity index (χ1) is 7.24. The van der Waals surface area contributed by atoms with Gasteiger partial charge in [0.25, 0.3) is 0 Å². The quantitative estimate of drug-likeness (QED) is 0.514. The summed E-state index contributed by atoms with van der Waals surface area (Å²) in [5.74, 6) is 0. The average molecular weight is 220 g/mol. The summed E-state index contributed by atoms with van der Waals surface area (Å²) in [5, 5.41) is 3.13. The Balaban J connectivity index is 2.53. The Morgan fingerprint density at radius 2 is 1.93 bits per heavy atom. The van der Waals surface area contributed by atoms with Gasteiger partial charge in [0.15, 0.2) is 0 Å². The molecule has 2 aromatic carbocycles. The fraction of sp³-hybridized carbons (Fsp3) is 0. The summed E-state index contributed by atoms with van der Waals surface area (Å²) in [7, 11) is 0. The van der Waals surface area contributed by atoms with Crippen molar-refractivity contribution in [2.75, 3.05) is 0 Å². The summed E-state index contributed by atoms with van der Waals surface area (Å²) >= 11 is 7.68. The molecular formula is C12H7ClS. The van der Waals surface area contributed by atoms with Gasteiger partial charge in [-0.15, -0.1) is 11.3 Å². The second-order valence-electron chi connectivity index (χ2n) is 3.16. The van der Waals surface area contributed by atoms with E-state index in [2.05, 4.69) is 0 Å². The van der Waals surface area contributed by atoms with E-state index >= 15 is 0 Å². The van der Waals surface area contributed by atoms with Crippen LogP contribution in [0.5, 0.6) is 0 Å². The first-order valence-electron chi connectivity index (χ1n) is 4.82. The minimum Gasteiger partial charge on any atom is -0.135 e. The zero-order chi connectivity index (χ0) is 10.4. The average Bonchev–Trinajstić information content (AvgIpc) is 2.54. The number of rotatable bonds is 0. The van der Waals surface area contributed by atoms with Gasteiger partial charge in [0.05, 0.1) is 1.37 Å². The van der Waals surface area contributed by atoms with Crippen LogP contribution in [0.15, 0.2) is 42.4 Å². The Kier molecular flexibility index (Phi) is 1.54. The van der Waals surface area contributed by atoms with Gasteiger partial charge >= 0.3 is 0 Å². The van der Waals surface area contributed by atoms with Gasteiger partial charge in [0.2, 0.25) is 0 Å². The molecule has 0 nitrogen and oxygen atoms in total. The Morgan fingerprint density at radius 1 is 1.07 bits per heavy atom. The summed E-state index contributed by atoms with van der Waals surface area (Å²) in [4.78, 5) is 0. The molecule has 3 aromatic rings. The van der Waals surface area contributed by atoms with Crippen LogP contribution in [0.1, 0.15) is 1.37 Å². The lowest BCUT2D eigenvalue weighted by Gasteiger charge is -1.91. The lowest BCUT2D eigenvalue weighted by Crippen LogP contribution is -1.65. The molecule has 0 N–H and O–H groups in total. The molecule has 0 saturated carbocycles. The smallest absolute Gasteiger partial charge is 0.0623 e. The summed E-state index contributed by atoms with van der Waals surface area (Å²) in [6, 6.07) is 12.2. The molecule has 0 aliphatic carbocycles. The van der Waals surface area contributed by atoms with Gasteiger partial charge in [-0.2, -0.15) is 0 Å². The van der Waals surface area contributed by atoms with Crippen LogP contribution in [0.4, 0.5) is 0 Å². The molecule has 1 heterocycles. The van der Waals surface area contributed by atoms with E-state index in [1.807, 2.05) is 36.4 Å². The van der Waals surface area contributed by atoms with E-state index in [0.717, 1.165) is 9.72 Å². The predicted molar refractivity (Wildman–Crippen MR) is 64.3 cm³/mol. The lowest BCUT2D eigenvalue weighted by atomic mass is 10.2. The molecule has 0 atom stereocenters. The molecule has 0 aliphatic rings. The Hall–Kier alpha value is -1.05. The number of benzene rings is 2. The van der Waals surface area contributed by atoms with Crippen molar-refractivity contribution < 1.29 is 1.37 Å². The van der Waals surface area contributed by atoms with Crippen LogP contribution in [0.25, 0.3) is 20.2 Å². The minimum absolute atomic E-state index is 0.556. The predicted octanol–water partition coefficient (Wildman–Crippen LogP) is 4.71. The summed E-state index contributed by atoms with van der Waals surface area (Å²) in [5.41, 5.74) is 0. The highest BCUT2D eigenvalue weighted by atomic mass is 35.5. The first-order valence-corrected chi connectivity index (χ1v) is 5.52. The fourth-order valence-electron chi connectivity index (χ4n) is 1.64. The third kappa shape index (κ3) is 1.13. The third-order valence-corrected chi connectivity index (χ3v) is 3.65. The van der Waals surface area contributed by atoms with Gasteiger partial charge in [-0.25, -0.2) is 0 Å². The lowest BCUT2D eigenvalue weighted by molar-refractivity contribution is 1.84. The monoisotopic (exact) mass is 219 g/mol. The van der Waals surface area contributed by atoms with Crippen LogP contribution in [0, 0.1) is 0 Å². The molecule has 1 aromatic heterocycles. The summed E-state index contributed by atoms with van der Waals surface area (Å²) in [6.07, 6.45) is 0. The molecule has 3 rings (SSSR count). The van der Waals surface area contributed by atoms with Crippen LogP contribution in [-0.2, 0) is 0 Å². The van der Waals surface area contributed by atoms with Gasteiger partial charge in [-0.05, 0) is 24.3 Å². The largest absolute Gasteiger partial charge is 0.135 e. The molecule has 0 amide bonds. The van der Waals surface area contributed by atoms with E-state index in [0.29, 0.717) is 6.04 Å². The Bertz CT molecular complexity index is 657. The molecule has 14 heavy (non-hydrogen) atoms. The van der Waals surface area contributed by atoms with Crippen molar-refractivity contribution in [1.29, 1.82) is 0 Å². The molecule has 0 aliphatic heterocycles. The second-order valence-corrected chi connectivity index (χ2v) is 4.69. The Morgan fingerprint density at radius 3 is 2.86 bits per heavy atom. The molecule has 0 fully saturated rings. The second kappa shape index (κ2) is 2.97. The van der Waals surface area contributed by atoms with Crippen LogP contribution >= 0.6 is 22.9 Å². The van der Waals surface area contributed by atoms with E-state index in [1.165, 1.54) is 15.5 Å². The molecule has 0 spiro atoms. The zero-order valence-electron chi connectivity index (χ0n) is 8.25. The van der Waals surface area contributed by atoms with E-state index < -0.39 is 0 Å². The van der Waals surface area contributed by atoms with Crippen molar-refractivity contribution in [3.8, 4) is 0 Å². The van der Waals surface area contributed by atoms with Crippen molar-refractivity contribution >= 4 is 43.1 Å². The van der Waals surface area contributed by atoms with E-state index in [1.54, 1.807) is 11.3 Å². The van der Waals surface area contributed by atoms with Crippen molar-refractivity contribution in [3.63, 3.8) is 0 Å². The maximum atomic E-state index is 7.57. The molecule has 0 unspecified atom stereocenters. The van der Waals surface area contributed by atoms with E-state index in [-0.39, 0.29) is 0 Å². The standard InChI is InChI=1S/C12H7ClS/c13-8-5-6-12-10(7-8)9-3-1-2-4-11(9)14-12/h1-7H/i2D. The topological polar surface area (TPSA) is 0 Å². The van der Waals surface area contributed by atoms with Crippen molar-refractivity contribution in [2.45, 2.75) is 0 Å². The van der Waals surface area contributed by atoms with Crippen LogP contribution in [0.3, 0.4) is 0 Å². The highest BCUT2D eigenvalue weighted by molar-refractivity contribution is 7.25. The SMILES string of the molecule is [2H]c1ccc2c(c1)sc1ccc(Cl)cc12. The Labute approximate surface area is 92.1 Å². The minimum atomic E-state index is 0.556. The highest BCUT2D eigenvalue weighted by Gasteiger charge is 2.03. The van der Waals surface area contributed by atoms with Gasteiger partial charge < -0.3 is 0 Å². The van der Waals surface area contributed by atoms with Crippen LogP contribution in [-0.4, -0.2) is 0 Å². The zero-order valence-corrected chi connectivity index (χ0v) is 8.82. The van der Waals surface area contributed by atoms with Gasteiger partial charge in [0.1, 0.15) is 0 Å². The van der Waals surface area contributed by atoms with Gasteiger partial charge in [-0.3, -0.25) is 0 Å². The maximum absolute atomic E-state index is 7.57. The normalized spacial score (nSPS) is 12.2. The van der Waals surface area contributed by atoms with Gasteiger partial charge in [-0.1, -0.05) is 29.8 Å². The fourth-order valence-corrected chi connectivity index (χ4v) is 2.88. The van der Waals surface area contributed by atoms with E-state index in [4.69, 9.17) is 13.0 Å². The number of fused-ring (bicyclic) bond motifs is 3. The van der Waals surface area contributed by atoms with Crippen molar-refractivity contribution in [1.82, 2.24) is 0 Å². The maximum Gasteiger partial charge on any atom is 0.0623 e. The first kappa shape index (κ1) is 7.27. The molecule has 0 saturated heterocycles. The third-order valence-electron chi connectivity index (χ3n) is 2.28. The summed E-state index contributed by atoms with van der Waals surface area (Å²) < 4.78 is 9.95. The van der Waals surface area contributed by atoms with Gasteiger partial charge in [0, 0.05) is 25.2 Å². The number of thiophene rings is 1. The number of halogens is 1. The molecule has 0 bridgehead atoms. The number of hydrogen-bond acceptors (Lipinski definition) is 1. The summed E-state index contributed by atoms with van der Waals surface area (Å²) in [6.45, 7) is 0. The molecule has 2 heteroatoms.